The molecule has 6 heteroatoms. The number of para-hydroxylation sites is 1. The van der Waals surface area contributed by atoms with E-state index in [1.165, 1.54) is 38.5 Å². The minimum Gasteiger partial charge on any atom is -0.350 e. The van der Waals surface area contributed by atoms with E-state index in [4.69, 9.17) is 0 Å². The topological polar surface area (TPSA) is 75.2 Å². The highest BCUT2D eigenvalue weighted by Gasteiger charge is 2.51. The highest BCUT2D eigenvalue weighted by Crippen LogP contribution is 2.55. The summed E-state index contributed by atoms with van der Waals surface area (Å²) in [5, 5.41) is 3.53. The van der Waals surface area contributed by atoms with Crippen LogP contribution < -0.4 is 5.32 Å². The summed E-state index contributed by atoms with van der Waals surface area (Å²) in [5.41, 5.74) is 2.05. The Morgan fingerprint density at radius 1 is 0.935 bits per heavy atom. The van der Waals surface area contributed by atoms with Crippen LogP contribution in [0.15, 0.2) is 30.6 Å². The molecule has 2 aromatic rings. The normalized spacial score (nSPS) is 32.4. The molecule has 31 heavy (non-hydrogen) atoms. The van der Waals surface area contributed by atoms with Crippen molar-refractivity contribution in [2.45, 2.75) is 56.9 Å². The lowest BCUT2D eigenvalue weighted by atomic mass is 9.53. The quantitative estimate of drug-likeness (QED) is 0.827. The van der Waals surface area contributed by atoms with Gasteiger partial charge in [-0.3, -0.25) is 19.6 Å². The summed E-state index contributed by atoms with van der Waals surface area (Å²) >= 11 is 0. The Morgan fingerprint density at radius 3 is 2.26 bits per heavy atom. The fourth-order valence-electron chi connectivity index (χ4n) is 7.31. The third-order valence-corrected chi connectivity index (χ3v) is 8.31. The van der Waals surface area contributed by atoms with Crippen molar-refractivity contribution in [2.24, 2.45) is 23.7 Å². The first-order chi connectivity index (χ1) is 15.1. The monoisotopic (exact) mass is 418 g/mol. The molecule has 6 nitrogen and oxygen atoms in total. The van der Waals surface area contributed by atoms with Gasteiger partial charge in [0.25, 0.3) is 5.91 Å². The zero-order chi connectivity index (χ0) is 21.0. The van der Waals surface area contributed by atoms with E-state index < -0.39 is 0 Å². The van der Waals surface area contributed by atoms with Crippen molar-refractivity contribution < 1.29 is 9.59 Å². The molecule has 4 saturated carbocycles. The summed E-state index contributed by atoms with van der Waals surface area (Å²) in [6, 6.07) is 5.56. The van der Waals surface area contributed by atoms with Gasteiger partial charge in [-0.25, -0.2) is 0 Å². The molecule has 7 rings (SSSR count). The van der Waals surface area contributed by atoms with E-state index in [1.807, 2.05) is 23.1 Å². The molecule has 0 spiro atoms. The Hall–Kier alpha value is -2.50. The minimum atomic E-state index is -0.00829. The smallest absolute Gasteiger partial charge is 0.256 e. The maximum atomic E-state index is 13.2. The van der Waals surface area contributed by atoms with Crippen molar-refractivity contribution in [3.63, 3.8) is 0 Å². The van der Waals surface area contributed by atoms with E-state index >= 15 is 0 Å². The molecule has 1 aromatic carbocycles. The maximum Gasteiger partial charge on any atom is 0.256 e. The summed E-state index contributed by atoms with van der Waals surface area (Å²) < 4.78 is 0. The first-order valence-corrected chi connectivity index (χ1v) is 11.9. The number of carbonyl (C=O) groups is 2. The lowest BCUT2D eigenvalue weighted by Crippen LogP contribution is -2.61. The number of nitrogens with one attached hydrogen (secondary N) is 1. The van der Waals surface area contributed by atoms with Crippen LogP contribution in [-0.4, -0.2) is 45.3 Å². The molecular weight excluding hydrogens is 388 g/mol. The first kappa shape index (κ1) is 19.2. The second kappa shape index (κ2) is 7.28. The van der Waals surface area contributed by atoms with E-state index in [0.29, 0.717) is 24.2 Å². The summed E-state index contributed by atoms with van der Waals surface area (Å²) in [7, 11) is 0. The van der Waals surface area contributed by atoms with Crippen LogP contribution >= 0.6 is 0 Å². The molecule has 1 saturated heterocycles. The van der Waals surface area contributed by atoms with Crippen LogP contribution in [0.5, 0.6) is 0 Å². The van der Waals surface area contributed by atoms with E-state index in [2.05, 4.69) is 15.3 Å². The van der Waals surface area contributed by atoms with Crippen molar-refractivity contribution in [3.05, 3.63) is 36.2 Å². The van der Waals surface area contributed by atoms with Crippen molar-refractivity contribution >= 4 is 22.8 Å². The molecule has 162 valence electrons. The van der Waals surface area contributed by atoms with Crippen LogP contribution in [-0.2, 0) is 4.79 Å². The average molecular weight is 419 g/mol. The van der Waals surface area contributed by atoms with Gasteiger partial charge < -0.3 is 10.2 Å². The zero-order valence-corrected chi connectivity index (χ0v) is 17.9. The lowest BCUT2D eigenvalue weighted by Gasteiger charge is -2.57. The van der Waals surface area contributed by atoms with Crippen molar-refractivity contribution in [3.8, 4) is 0 Å². The molecule has 0 radical (unpaired) electrons. The number of hydrogen-bond acceptors (Lipinski definition) is 4. The Balaban J connectivity index is 1.10. The number of benzene rings is 1. The van der Waals surface area contributed by atoms with Gasteiger partial charge in [-0.15, -0.1) is 0 Å². The largest absolute Gasteiger partial charge is 0.350 e. The molecule has 5 aliphatic rings. The number of aromatic nitrogens is 2. The lowest BCUT2D eigenvalue weighted by molar-refractivity contribution is -0.132. The van der Waals surface area contributed by atoms with Crippen molar-refractivity contribution in [2.75, 3.05) is 13.1 Å². The van der Waals surface area contributed by atoms with Crippen LogP contribution in [0.2, 0.25) is 0 Å². The minimum absolute atomic E-state index is 0.00829. The van der Waals surface area contributed by atoms with Crippen molar-refractivity contribution in [1.82, 2.24) is 20.2 Å². The molecule has 4 bridgehead atoms. The number of fused-ring (bicyclic) bond motifs is 1. The SMILES string of the molecule is O=C(NC12CC3CC(CC(C3)C1)C2)C1CCN(C(=O)c2cccc3nccnc23)CC1. The maximum absolute atomic E-state index is 13.2. The average Bonchev–Trinajstić information content (AvgIpc) is 2.77. The van der Waals surface area contributed by atoms with Gasteiger partial charge in [0.05, 0.1) is 11.1 Å². The number of amides is 2. The van der Waals surface area contributed by atoms with E-state index in [-0.39, 0.29) is 23.3 Å². The predicted octanol–water partition coefficient (Wildman–Crippen LogP) is 3.57. The highest BCUT2D eigenvalue weighted by molar-refractivity contribution is 6.04. The number of hydrogen-bond donors (Lipinski definition) is 1. The molecule has 1 N–H and O–H groups in total. The number of likely N-dealkylation sites (tertiary alicyclic amines) is 1. The molecule has 2 heterocycles. The number of piperidine rings is 1. The fraction of sp³-hybridized carbons (Fsp3) is 0.600. The van der Waals surface area contributed by atoms with Crippen LogP contribution in [0.4, 0.5) is 0 Å². The summed E-state index contributed by atoms with van der Waals surface area (Å²) in [5.74, 6) is 2.72. The predicted molar refractivity (Wildman–Crippen MR) is 117 cm³/mol. The summed E-state index contributed by atoms with van der Waals surface area (Å²) in [4.78, 5) is 36.9. The van der Waals surface area contributed by atoms with Gasteiger partial charge >= 0.3 is 0 Å². The van der Waals surface area contributed by atoms with Crippen molar-refractivity contribution in [1.29, 1.82) is 0 Å². The third kappa shape index (κ3) is 3.40. The first-order valence-electron chi connectivity index (χ1n) is 11.9. The molecule has 2 amide bonds. The second-order valence-corrected chi connectivity index (χ2v) is 10.5. The fourth-order valence-corrected chi connectivity index (χ4v) is 7.31. The van der Waals surface area contributed by atoms with Gasteiger partial charge in [0, 0.05) is 36.9 Å². The van der Waals surface area contributed by atoms with Gasteiger partial charge in [-0.2, -0.15) is 0 Å². The summed E-state index contributed by atoms with van der Waals surface area (Å²) in [6.45, 7) is 1.24. The number of nitrogens with zero attached hydrogens (tertiary/aromatic N) is 3. The number of rotatable bonds is 3. The Bertz CT molecular complexity index is 987. The Morgan fingerprint density at radius 2 is 1.58 bits per heavy atom. The molecule has 4 aliphatic carbocycles. The Kier molecular flexibility index (Phi) is 4.51. The van der Waals surface area contributed by atoms with Gasteiger partial charge in [0.2, 0.25) is 5.91 Å². The van der Waals surface area contributed by atoms with Gasteiger partial charge in [-0.05, 0) is 81.3 Å². The van der Waals surface area contributed by atoms with Crippen LogP contribution in [0.25, 0.3) is 11.0 Å². The van der Waals surface area contributed by atoms with Gasteiger partial charge in [0.1, 0.15) is 5.52 Å². The van der Waals surface area contributed by atoms with Crippen LogP contribution in [0.1, 0.15) is 61.7 Å². The van der Waals surface area contributed by atoms with E-state index in [0.717, 1.165) is 36.1 Å². The summed E-state index contributed by atoms with van der Waals surface area (Å²) in [6.07, 6.45) is 12.4. The molecule has 1 aliphatic heterocycles. The van der Waals surface area contributed by atoms with Crippen LogP contribution in [0.3, 0.4) is 0 Å². The highest BCUT2D eigenvalue weighted by atomic mass is 16.2. The molecule has 1 aromatic heterocycles. The van der Waals surface area contributed by atoms with E-state index in [9.17, 15) is 9.59 Å². The molecule has 0 unspecified atom stereocenters. The van der Waals surface area contributed by atoms with Crippen LogP contribution in [0, 0.1) is 23.7 Å². The Labute approximate surface area is 182 Å². The molecular formula is C25H30N4O2. The zero-order valence-electron chi connectivity index (χ0n) is 17.9. The van der Waals surface area contributed by atoms with Gasteiger partial charge in [0.15, 0.2) is 0 Å². The molecule has 5 fully saturated rings. The molecule has 0 atom stereocenters. The third-order valence-electron chi connectivity index (χ3n) is 8.31. The van der Waals surface area contributed by atoms with Gasteiger partial charge in [-0.1, -0.05) is 6.07 Å². The second-order valence-electron chi connectivity index (χ2n) is 10.5. The number of carbonyl (C=O) groups excluding carboxylic acids is 2. The van der Waals surface area contributed by atoms with E-state index in [1.54, 1.807) is 12.4 Å². The standard InChI is InChI=1S/C25H30N4O2/c30-23(28-25-13-16-10-17(14-25)12-18(11-16)15-25)19-4-8-29(9-5-19)24(31)20-2-1-3-21-22(20)27-7-6-26-21/h1-3,6-7,16-19H,4-5,8-15H2,(H,28,30).